The van der Waals surface area contributed by atoms with E-state index in [4.69, 9.17) is 0 Å². The molecule has 0 bridgehead atoms. The number of nitrogens with one attached hydrogen (secondary N) is 3. The van der Waals surface area contributed by atoms with E-state index in [1.807, 2.05) is 19.9 Å². The molecule has 0 aliphatic rings. The van der Waals surface area contributed by atoms with E-state index in [1.54, 1.807) is 12.1 Å². The highest BCUT2D eigenvalue weighted by atomic mass is 19.4. The fourth-order valence-corrected chi connectivity index (χ4v) is 2.41. The Morgan fingerprint density at radius 2 is 1.56 bits per heavy atom. The highest BCUT2D eigenvalue weighted by Crippen LogP contribution is 2.36. The molecule has 0 aromatic heterocycles. The summed E-state index contributed by atoms with van der Waals surface area (Å²) in [6, 6.07) is 8.70. The molecule has 0 heterocycles. The lowest BCUT2D eigenvalue weighted by atomic mass is 10.1. The van der Waals surface area contributed by atoms with Crippen LogP contribution in [0, 0.1) is 13.8 Å². The summed E-state index contributed by atoms with van der Waals surface area (Å²) in [5.74, 6) is -0.950. The van der Waals surface area contributed by atoms with Gasteiger partial charge < -0.3 is 16.0 Å². The summed E-state index contributed by atoms with van der Waals surface area (Å²) in [5, 5.41) is 7.44. The third kappa shape index (κ3) is 5.73. The molecular formula is C19H20F3N3O2. The lowest BCUT2D eigenvalue weighted by molar-refractivity contribution is -0.137. The van der Waals surface area contributed by atoms with Crippen LogP contribution in [0.4, 0.5) is 30.2 Å². The second-order valence-corrected chi connectivity index (χ2v) is 6.14. The Balaban J connectivity index is 2.10. The zero-order valence-corrected chi connectivity index (χ0v) is 15.1. The number of aryl methyl sites for hydroxylation is 2. The number of rotatable bonds is 5. The van der Waals surface area contributed by atoms with E-state index in [-0.39, 0.29) is 17.9 Å². The molecule has 5 nitrogen and oxygen atoms in total. The average Bonchev–Trinajstić information content (AvgIpc) is 2.55. The van der Waals surface area contributed by atoms with E-state index in [0.29, 0.717) is 5.69 Å². The Hall–Kier alpha value is -3.03. The molecule has 0 atom stereocenters. The molecule has 2 aromatic carbocycles. The number of amides is 2. The van der Waals surface area contributed by atoms with Crippen molar-refractivity contribution in [1.29, 1.82) is 0 Å². The molecule has 0 unspecified atom stereocenters. The minimum atomic E-state index is -4.64. The lowest BCUT2D eigenvalue weighted by Crippen LogP contribution is -2.23. The van der Waals surface area contributed by atoms with Gasteiger partial charge >= 0.3 is 6.18 Å². The van der Waals surface area contributed by atoms with Gasteiger partial charge in [0.1, 0.15) is 0 Å². The van der Waals surface area contributed by atoms with Gasteiger partial charge in [-0.15, -0.1) is 0 Å². The van der Waals surface area contributed by atoms with E-state index < -0.39 is 23.6 Å². The van der Waals surface area contributed by atoms with E-state index in [2.05, 4.69) is 16.0 Å². The van der Waals surface area contributed by atoms with Gasteiger partial charge in [0.25, 0.3) is 0 Å². The summed E-state index contributed by atoms with van der Waals surface area (Å²) in [6.45, 7) is 4.70. The molecule has 0 radical (unpaired) electrons. The van der Waals surface area contributed by atoms with Crippen molar-refractivity contribution in [3.8, 4) is 0 Å². The van der Waals surface area contributed by atoms with Gasteiger partial charge in [0.15, 0.2) is 0 Å². The summed E-state index contributed by atoms with van der Waals surface area (Å²) in [5.41, 5.74) is 1.45. The molecule has 3 N–H and O–H groups in total. The van der Waals surface area contributed by atoms with Crippen LogP contribution in [0.15, 0.2) is 36.4 Å². The normalized spacial score (nSPS) is 11.0. The van der Waals surface area contributed by atoms with Crippen molar-refractivity contribution in [2.24, 2.45) is 0 Å². The highest BCUT2D eigenvalue weighted by molar-refractivity contribution is 5.94. The number of carbonyl (C=O) groups is 2. The Bertz CT molecular complexity index is 864. The topological polar surface area (TPSA) is 70.2 Å². The van der Waals surface area contributed by atoms with Crippen LogP contribution in [0.5, 0.6) is 0 Å². The standard InChI is InChI=1S/C19H20F3N3O2/c1-11-4-5-14(8-12(11)2)25-18(27)10-23-17-7-6-15(24-13(3)26)9-16(17)19(20,21)22/h4-9,23H,10H2,1-3H3,(H,24,26)(H,25,27). The number of benzene rings is 2. The highest BCUT2D eigenvalue weighted by Gasteiger charge is 2.34. The van der Waals surface area contributed by atoms with Crippen molar-refractivity contribution < 1.29 is 22.8 Å². The summed E-state index contributed by atoms with van der Waals surface area (Å²) >= 11 is 0. The first kappa shape index (κ1) is 20.3. The molecule has 8 heteroatoms. The number of carbonyl (C=O) groups excluding carboxylic acids is 2. The Morgan fingerprint density at radius 1 is 0.926 bits per heavy atom. The second kappa shape index (κ2) is 8.11. The minimum Gasteiger partial charge on any atom is -0.376 e. The van der Waals surface area contributed by atoms with Crippen molar-refractivity contribution in [1.82, 2.24) is 0 Å². The molecule has 0 aliphatic carbocycles. The van der Waals surface area contributed by atoms with E-state index in [0.717, 1.165) is 17.2 Å². The molecule has 2 amide bonds. The zero-order valence-electron chi connectivity index (χ0n) is 15.1. The number of halogens is 3. The minimum absolute atomic E-state index is 0.0277. The maximum atomic E-state index is 13.3. The van der Waals surface area contributed by atoms with E-state index >= 15 is 0 Å². The van der Waals surface area contributed by atoms with Crippen molar-refractivity contribution in [2.45, 2.75) is 26.9 Å². The largest absolute Gasteiger partial charge is 0.418 e. The first-order chi connectivity index (χ1) is 12.6. The van der Waals surface area contributed by atoms with Crippen LogP contribution >= 0.6 is 0 Å². The fourth-order valence-electron chi connectivity index (χ4n) is 2.41. The van der Waals surface area contributed by atoms with Crippen LogP contribution in [0.1, 0.15) is 23.6 Å². The van der Waals surface area contributed by atoms with Crippen molar-refractivity contribution >= 4 is 28.9 Å². The van der Waals surface area contributed by atoms with Gasteiger partial charge in [-0.05, 0) is 55.3 Å². The predicted molar refractivity (Wildman–Crippen MR) is 98.8 cm³/mol. The molecule has 27 heavy (non-hydrogen) atoms. The third-order valence-electron chi connectivity index (χ3n) is 3.88. The Morgan fingerprint density at radius 3 is 2.15 bits per heavy atom. The lowest BCUT2D eigenvalue weighted by Gasteiger charge is -2.16. The Labute approximate surface area is 155 Å². The quantitative estimate of drug-likeness (QED) is 0.724. The van der Waals surface area contributed by atoms with Crippen LogP contribution in [0.25, 0.3) is 0 Å². The SMILES string of the molecule is CC(=O)Nc1ccc(NCC(=O)Nc2ccc(C)c(C)c2)c(C(F)(F)F)c1. The van der Waals surface area contributed by atoms with Gasteiger partial charge in [0.2, 0.25) is 11.8 Å². The number of alkyl halides is 3. The number of hydrogen-bond donors (Lipinski definition) is 3. The van der Waals surface area contributed by atoms with Gasteiger partial charge in [-0.2, -0.15) is 13.2 Å². The summed E-state index contributed by atoms with van der Waals surface area (Å²) in [4.78, 5) is 23.1. The summed E-state index contributed by atoms with van der Waals surface area (Å²) in [7, 11) is 0. The van der Waals surface area contributed by atoms with Crippen molar-refractivity contribution in [2.75, 3.05) is 22.5 Å². The van der Waals surface area contributed by atoms with Gasteiger partial charge in [-0.1, -0.05) is 6.07 Å². The van der Waals surface area contributed by atoms with Crippen molar-refractivity contribution in [3.05, 3.63) is 53.1 Å². The molecular weight excluding hydrogens is 359 g/mol. The van der Waals surface area contributed by atoms with Gasteiger partial charge in [0, 0.05) is 24.0 Å². The third-order valence-corrected chi connectivity index (χ3v) is 3.88. The van der Waals surface area contributed by atoms with Crippen LogP contribution < -0.4 is 16.0 Å². The maximum Gasteiger partial charge on any atom is 0.418 e. The molecule has 0 saturated carbocycles. The van der Waals surface area contributed by atoms with E-state index in [9.17, 15) is 22.8 Å². The van der Waals surface area contributed by atoms with Crippen LogP contribution in [0.3, 0.4) is 0 Å². The zero-order chi connectivity index (χ0) is 20.2. The maximum absolute atomic E-state index is 13.3. The first-order valence-electron chi connectivity index (χ1n) is 8.16. The van der Waals surface area contributed by atoms with E-state index in [1.165, 1.54) is 19.1 Å². The summed E-state index contributed by atoms with van der Waals surface area (Å²) < 4.78 is 39.8. The number of hydrogen-bond acceptors (Lipinski definition) is 3. The van der Waals surface area contributed by atoms with Crippen LogP contribution in [0.2, 0.25) is 0 Å². The monoisotopic (exact) mass is 379 g/mol. The van der Waals surface area contributed by atoms with Gasteiger partial charge in [-0.25, -0.2) is 0 Å². The van der Waals surface area contributed by atoms with Crippen LogP contribution in [-0.4, -0.2) is 18.4 Å². The van der Waals surface area contributed by atoms with Crippen molar-refractivity contribution in [3.63, 3.8) is 0 Å². The molecule has 2 aromatic rings. The molecule has 144 valence electrons. The molecule has 0 saturated heterocycles. The predicted octanol–water partition coefficient (Wildman–Crippen LogP) is 4.33. The van der Waals surface area contributed by atoms with Crippen LogP contribution in [-0.2, 0) is 15.8 Å². The molecule has 0 spiro atoms. The number of anilines is 3. The smallest absolute Gasteiger partial charge is 0.376 e. The van der Waals surface area contributed by atoms with Gasteiger partial charge in [-0.3, -0.25) is 9.59 Å². The second-order valence-electron chi connectivity index (χ2n) is 6.14. The molecule has 2 rings (SSSR count). The Kier molecular flexibility index (Phi) is 6.09. The molecule has 0 aliphatic heterocycles. The van der Waals surface area contributed by atoms with Gasteiger partial charge in [0.05, 0.1) is 12.1 Å². The molecule has 0 fully saturated rings. The fraction of sp³-hybridized carbons (Fsp3) is 0.263. The summed E-state index contributed by atoms with van der Waals surface area (Å²) in [6.07, 6.45) is -4.64. The average molecular weight is 379 g/mol. The first-order valence-corrected chi connectivity index (χ1v) is 8.16.